The zero-order valence-electron chi connectivity index (χ0n) is 14.1. The molecule has 1 aromatic heterocycles. The van der Waals surface area contributed by atoms with E-state index in [1.165, 1.54) is 18.4 Å². The molecule has 23 heavy (non-hydrogen) atoms. The van der Waals surface area contributed by atoms with E-state index in [9.17, 15) is 0 Å². The van der Waals surface area contributed by atoms with Crippen molar-refractivity contribution in [3.05, 3.63) is 29.6 Å². The first-order valence-electron chi connectivity index (χ1n) is 8.01. The van der Waals surface area contributed by atoms with Gasteiger partial charge < -0.3 is 15.2 Å². The Labute approximate surface area is 155 Å². The molecule has 0 unspecified atom stereocenters. The second kappa shape index (κ2) is 7.51. The number of hydrogen-bond donors (Lipinski definition) is 1. The summed E-state index contributed by atoms with van der Waals surface area (Å²) in [5.74, 6) is 2.40. The second-order valence-electron chi connectivity index (χ2n) is 6.42. The van der Waals surface area contributed by atoms with Gasteiger partial charge in [0.1, 0.15) is 12.4 Å². The molecule has 0 spiro atoms. The lowest BCUT2D eigenvalue weighted by Crippen LogP contribution is -2.42. The van der Waals surface area contributed by atoms with E-state index in [0.717, 1.165) is 35.9 Å². The normalized spacial score (nSPS) is 16.7. The van der Waals surface area contributed by atoms with Gasteiger partial charge in [0.2, 0.25) is 0 Å². The number of benzene rings is 1. The minimum absolute atomic E-state index is 0. The number of likely N-dealkylation sites (tertiary alicyclic amines) is 1. The van der Waals surface area contributed by atoms with Gasteiger partial charge in [-0.15, -0.1) is 24.0 Å². The highest BCUT2D eigenvalue weighted by Gasteiger charge is 2.17. The maximum atomic E-state index is 6.15. The fourth-order valence-electron chi connectivity index (χ4n) is 2.99. The number of aliphatic imine (C=N–C) groups is 1. The van der Waals surface area contributed by atoms with Gasteiger partial charge in [-0.05, 0) is 43.4 Å². The number of aromatic nitrogens is 2. The van der Waals surface area contributed by atoms with E-state index in [0.29, 0.717) is 12.5 Å². The SMILES string of the molecule is Cc1ccc2c(c1)nc(CN=C(N)N1CCC(C)CC1)n2C.I. The number of fused-ring (bicyclic) bond motifs is 1. The Morgan fingerprint density at radius 3 is 2.74 bits per heavy atom. The Bertz CT molecular complexity index is 698. The molecule has 0 bridgehead atoms. The fraction of sp³-hybridized carbons (Fsp3) is 0.529. The van der Waals surface area contributed by atoms with Crippen molar-refractivity contribution >= 4 is 41.0 Å². The molecule has 6 heteroatoms. The van der Waals surface area contributed by atoms with Gasteiger partial charge in [0.25, 0.3) is 0 Å². The molecule has 2 N–H and O–H groups in total. The predicted molar refractivity (Wildman–Crippen MR) is 106 cm³/mol. The maximum absolute atomic E-state index is 6.15. The molecular weight excluding hydrogens is 401 g/mol. The van der Waals surface area contributed by atoms with Crippen LogP contribution < -0.4 is 5.73 Å². The lowest BCUT2D eigenvalue weighted by Gasteiger charge is -2.30. The molecular formula is C17H26IN5. The van der Waals surface area contributed by atoms with Crippen molar-refractivity contribution in [3.63, 3.8) is 0 Å². The first kappa shape index (κ1) is 18.0. The molecule has 5 nitrogen and oxygen atoms in total. The first-order valence-corrected chi connectivity index (χ1v) is 8.01. The number of halogens is 1. The summed E-state index contributed by atoms with van der Waals surface area (Å²) in [5, 5.41) is 0. The van der Waals surface area contributed by atoms with Gasteiger partial charge in [-0.3, -0.25) is 0 Å². The number of piperidine rings is 1. The quantitative estimate of drug-likeness (QED) is 0.456. The fourth-order valence-corrected chi connectivity index (χ4v) is 2.99. The highest BCUT2D eigenvalue weighted by molar-refractivity contribution is 14.0. The number of hydrogen-bond acceptors (Lipinski definition) is 2. The molecule has 3 rings (SSSR count). The lowest BCUT2D eigenvalue weighted by atomic mass is 10.00. The second-order valence-corrected chi connectivity index (χ2v) is 6.42. The van der Waals surface area contributed by atoms with Crippen LogP contribution in [0, 0.1) is 12.8 Å². The molecule has 1 aliphatic heterocycles. The zero-order valence-corrected chi connectivity index (χ0v) is 16.4. The molecule has 2 aromatic rings. The van der Waals surface area contributed by atoms with Crippen molar-refractivity contribution in [1.29, 1.82) is 0 Å². The van der Waals surface area contributed by atoms with Gasteiger partial charge in [-0.25, -0.2) is 9.98 Å². The highest BCUT2D eigenvalue weighted by atomic mass is 127. The summed E-state index contributed by atoms with van der Waals surface area (Å²) in [5.41, 5.74) is 9.54. The predicted octanol–water partition coefficient (Wildman–Crippen LogP) is 3.05. The number of nitrogens with zero attached hydrogens (tertiary/aromatic N) is 4. The summed E-state index contributed by atoms with van der Waals surface area (Å²) >= 11 is 0. The number of guanidine groups is 1. The van der Waals surface area contributed by atoms with Crippen LogP contribution in [0.1, 0.15) is 31.2 Å². The van der Waals surface area contributed by atoms with Gasteiger partial charge in [0, 0.05) is 20.1 Å². The van der Waals surface area contributed by atoms with E-state index in [-0.39, 0.29) is 24.0 Å². The molecule has 1 aromatic carbocycles. The Morgan fingerprint density at radius 1 is 1.35 bits per heavy atom. The number of imidazole rings is 1. The molecule has 1 aliphatic rings. The summed E-state index contributed by atoms with van der Waals surface area (Å²) in [6.07, 6.45) is 2.39. The Balaban J connectivity index is 0.00000192. The number of aryl methyl sites for hydroxylation is 2. The largest absolute Gasteiger partial charge is 0.370 e. The zero-order chi connectivity index (χ0) is 15.7. The smallest absolute Gasteiger partial charge is 0.191 e. The molecule has 126 valence electrons. The first-order chi connectivity index (χ1) is 10.5. The lowest BCUT2D eigenvalue weighted by molar-refractivity contribution is 0.277. The van der Waals surface area contributed by atoms with Crippen LogP contribution in [-0.2, 0) is 13.6 Å². The Kier molecular flexibility index (Phi) is 5.89. The molecule has 0 saturated carbocycles. The monoisotopic (exact) mass is 427 g/mol. The summed E-state index contributed by atoms with van der Waals surface area (Å²) < 4.78 is 2.10. The van der Waals surface area contributed by atoms with Crippen LogP contribution >= 0.6 is 24.0 Å². The van der Waals surface area contributed by atoms with Crippen LogP contribution in [0.25, 0.3) is 11.0 Å². The number of rotatable bonds is 2. The maximum Gasteiger partial charge on any atom is 0.191 e. The van der Waals surface area contributed by atoms with Crippen LogP contribution in [-0.4, -0.2) is 33.5 Å². The molecule has 0 atom stereocenters. The van der Waals surface area contributed by atoms with Crippen molar-refractivity contribution in [3.8, 4) is 0 Å². The van der Waals surface area contributed by atoms with Crippen molar-refractivity contribution < 1.29 is 0 Å². The Hall–Kier alpha value is -1.31. The van der Waals surface area contributed by atoms with Gasteiger partial charge in [-0.2, -0.15) is 0 Å². The van der Waals surface area contributed by atoms with Crippen molar-refractivity contribution in [1.82, 2.24) is 14.5 Å². The van der Waals surface area contributed by atoms with E-state index in [1.54, 1.807) is 0 Å². The van der Waals surface area contributed by atoms with Crippen LogP contribution in [0.3, 0.4) is 0 Å². The third-order valence-corrected chi connectivity index (χ3v) is 4.62. The third kappa shape index (κ3) is 3.97. The van der Waals surface area contributed by atoms with Crippen molar-refractivity contribution in [2.45, 2.75) is 33.2 Å². The minimum atomic E-state index is 0. The van der Waals surface area contributed by atoms with E-state index in [4.69, 9.17) is 5.73 Å². The van der Waals surface area contributed by atoms with Gasteiger partial charge in [-0.1, -0.05) is 13.0 Å². The van der Waals surface area contributed by atoms with Crippen LogP contribution in [0.2, 0.25) is 0 Å². The molecule has 0 aliphatic carbocycles. The average Bonchev–Trinajstić information content (AvgIpc) is 2.81. The van der Waals surface area contributed by atoms with E-state index < -0.39 is 0 Å². The van der Waals surface area contributed by atoms with E-state index in [1.807, 2.05) is 7.05 Å². The van der Waals surface area contributed by atoms with Crippen LogP contribution in [0.15, 0.2) is 23.2 Å². The topological polar surface area (TPSA) is 59.4 Å². The van der Waals surface area contributed by atoms with Gasteiger partial charge >= 0.3 is 0 Å². The highest BCUT2D eigenvalue weighted by Crippen LogP contribution is 2.18. The van der Waals surface area contributed by atoms with Crippen molar-refractivity contribution in [2.75, 3.05) is 13.1 Å². The molecule has 2 heterocycles. The number of nitrogens with two attached hydrogens (primary N) is 1. The summed E-state index contributed by atoms with van der Waals surface area (Å²) in [6.45, 7) is 6.94. The molecule has 1 fully saturated rings. The summed E-state index contributed by atoms with van der Waals surface area (Å²) in [7, 11) is 2.04. The minimum Gasteiger partial charge on any atom is -0.370 e. The van der Waals surface area contributed by atoms with Crippen molar-refractivity contribution in [2.24, 2.45) is 23.7 Å². The summed E-state index contributed by atoms with van der Waals surface area (Å²) in [6, 6.07) is 6.33. The van der Waals surface area contributed by atoms with Gasteiger partial charge in [0.15, 0.2) is 5.96 Å². The van der Waals surface area contributed by atoms with E-state index >= 15 is 0 Å². The standard InChI is InChI=1S/C17H25N5.HI/c1-12-6-8-22(9-7-12)17(18)19-11-16-20-14-10-13(2)4-5-15(14)21(16)3;/h4-5,10,12H,6-9,11H2,1-3H3,(H2,18,19);1H. The average molecular weight is 427 g/mol. The molecule has 1 saturated heterocycles. The van der Waals surface area contributed by atoms with Gasteiger partial charge in [0.05, 0.1) is 11.0 Å². The molecule has 0 radical (unpaired) electrons. The summed E-state index contributed by atoms with van der Waals surface area (Å²) in [4.78, 5) is 11.4. The van der Waals surface area contributed by atoms with Crippen LogP contribution in [0.4, 0.5) is 0 Å². The molecule has 0 amide bonds. The Morgan fingerprint density at radius 2 is 2.04 bits per heavy atom. The third-order valence-electron chi connectivity index (χ3n) is 4.62. The van der Waals surface area contributed by atoms with Crippen LogP contribution in [0.5, 0.6) is 0 Å². The van der Waals surface area contributed by atoms with E-state index in [2.05, 4.69) is 51.5 Å².